The lowest BCUT2D eigenvalue weighted by Gasteiger charge is -2.24. The van der Waals surface area contributed by atoms with Gasteiger partial charge in [0, 0.05) is 0 Å². The lowest BCUT2D eigenvalue weighted by atomic mass is 10.2. The third-order valence-electron chi connectivity index (χ3n) is 3.89. The lowest BCUT2D eigenvalue weighted by molar-refractivity contribution is -0.137. The molecule has 0 amide bonds. The molecular formula is C19H16ClF3N2O2S. The summed E-state index contributed by atoms with van der Waals surface area (Å²) >= 11 is 11.5. The van der Waals surface area contributed by atoms with Crippen LogP contribution in [0.5, 0.6) is 0 Å². The molecule has 0 atom stereocenters. The highest BCUT2D eigenvalue weighted by Gasteiger charge is 2.31. The molecule has 9 heteroatoms. The standard InChI is InChI=1S/C19H16ClF3N2O2S/c1-12-4-6-15(27-12)11-25(10-14-3-2-8-26-14)18(28)24-17-9-13(19(21,22)23)5-7-16(17)20/h2-9H,10-11H2,1H3,(H,24,28). The van der Waals surface area contributed by atoms with Crippen molar-refractivity contribution in [3.05, 3.63) is 76.6 Å². The molecule has 3 rings (SSSR count). The van der Waals surface area contributed by atoms with Crippen molar-refractivity contribution in [1.29, 1.82) is 0 Å². The third-order valence-corrected chi connectivity index (χ3v) is 4.58. The van der Waals surface area contributed by atoms with E-state index in [4.69, 9.17) is 32.7 Å². The van der Waals surface area contributed by atoms with Gasteiger partial charge in [0.2, 0.25) is 0 Å². The molecule has 28 heavy (non-hydrogen) atoms. The van der Waals surface area contributed by atoms with Crippen molar-refractivity contribution < 1.29 is 22.0 Å². The molecular weight excluding hydrogens is 413 g/mol. The summed E-state index contributed by atoms with van der Waals surface area (Å²) in [6.07, 6.45) is -2.95. The maximum Gasteiger partial charge on any atom is 0.416 e. The number of nitrogens with one attached hydrogen (secondary N) is 1. The molecule has 0 spiro atoms. The third kappa shape index (κ3) is 5.08. The van der Waals surface area contributed by atoms with E-state index in [1.807, 2.05) is 19.1 Å². The van der Waals surface area contributed by atoms with Crippen molar-refractivity contribution in [1.82, 2.24) is 4.90 Å². The molecule has 0 unspecified atom stereocenters. The number of thiocarbonyl (C=S) groups is 1. The van der Waals surface area contributed by atoms with E-state index in [0.29, 0.717) is 24.6 Å². The molecule has 0 saturated heterocycles. The number of anilines is 1. The monoisotopic (exact) mass is 428 g/mol. The van der Waals surface area contributed by atoms with E-state index in [1.165, 1.54) is 12.3 Å². The smallest absolute Gasteiger partial charge is 0.416 e. The van der Waals surface area contributed by atoms with E-state index < -0.39 is 11.7 Å². The Labute approximate surface area is 169 Å². The molecule has 0 fully saturated rings. The van der Waals surface area contributed by atoms with Crippen molar-refractivity contribution in [3.8, 4) is 0 Å². The van der Waals surface area contributed by atoms with Gasteiger partial charge in [0.05, 0.1) is 35.6 Å². The Bertz CT molecular complexity index is 954. The van der Waals surface area contributed by atoms with Crippen LogP contribution in [0, 0.1) is 6.92 Å². The van der Waals surface area contributed by atoms with E-state index in [2.05, 4.69) is 5.32 Å². The second-order valence-corrected chi connectivity index (χ2v) is 6.86. The zero-order valence-corrected chi connectivity index (χ0v) is 16.3. The van der Waals surface area contributed by atoms with Crippen LogP contribution in [-0.2, 0) is 19.3 Å². The topological polar surface area (TPSA) is 41.6 Å². The normalized spacial score (nSPS) is 11.5. The fourth-order valence-corrected chi connectivity index (χ4v) is 2.94. The van der Waals surface area contributed by atoms with Crippen molar-refractivity contribution in [2.45, 2.75) is 26.2 Å². The Kier molecular flexibility index (Phi) is 6.00. The maximum absolute atomic E-state index is 13.0. The predicted octanol–water partition coefficient (Wildman–Crippen LogP) is 6.25. The van der Waals surface area contributed by atoms with E-state index >= 15 is 0 Å². The molecule has 2 heterocycles. The lowest BCUT2D eigenvalue weighted by Crippen LogP contribution is -2.33. The first-order valence-electron chi connectivity index (χ1n) is 8.23. The zero-order chi connectivity index (χ0) is 20.3. The Morgan fingerprint density at radius 3 is 2.50 bits per heavy atom. The number of aryl methyl sites for hydroxylation is 1. The van der Waals surface area contributed by atoms with Gasteiger partial charge in [-0.3, -0.25) is 0 Å². The van der Waals surface area contributed by atoms with Gasteiger partial charge in [-0.25, -0.2) is 0 Å². The van der Waals surface area contributed by atoms with Crippen LogP contribution in [0.25, 0.3) is 0 Å². The molecule has 0 radical (unpaired) electrons. The Balaban J connectivity index is 1.82. The number of alkyl halides is 3. The Morgan fingerprint density at radius 2 is 1.89 bits per heavy atom. The van der Waals surface area contributed by atoms with Crippen molar-refractivity contribution >= 4 is 34.6 Å². The highest BCUT2D eigenvalue weighted by Crippen LogP contribution is 2.34. The van der Waals surface area contributed by atoms with Gasteiger partial charge in [-0.1, -0.05) is 11.6 Å². The number of hydrogen-bond donors (Lipinski definition) is 1. The molecule has 1 N–H and O–H groups in total. The molecule has 0 aliphatic carbocycles. The quantitative estimate of drug-likeness (QED) is 0.486. The Morgan fingerprint density at radius 1 is 1.14 bits per heavy atom. The molecule has 3 aromatic rings. The van der Waals surface area contributed by atoms with Gasteiger partial charge >= 0.3 is 6.18 Å². The first-order chi connectivity index (χ1) is 13.2. The summed E-state index contributed by atoms with van der Waals surface area (Å²) in [6.45, 7) is 2.42. The second-order valence-electron chi connectivity index (χ2n) is 6.07. The van der Waals surface area contributed by atoms with Crippen molar-refractivity contribution in [3.63, 3.8) is 0 Å². The molecule has 0 aliphatic heterocycles. The van der Waals surface area contributed by atoms with Crippen LogP contribution in [0.4, 0.5) is 18.9 Å². The maximum atomic E-state index is 13.0. The SMILES string of the molecule is Cc1ccc(CN(Cc2ccco2)C(=S)Nc2cc(C(F)(F)F)ccc2Cl)o1. The van der Waals surface area contributed by atoms with Gasteiger partial charge in [0.1, 0.15) is 17.3 Å². The van der Waals surface area contributed by atoms with E-state index in [-0.39, 0.29) is 15.8 Å². The predicted molar refractivity (Wildman–Crippen MR) is 104 cm³/mol. The second kappa shape index (κ2) is 8.28. The van der Waals surface area contributed by atoms with Gasteiger partial charge in [0.15, 0.2) is 5.11 Å². The van der Waals surface area contributed by atoms with E-state index in [1.54, 1.807) is 17.0 Å². The molecule has 0 aliphatic rings. The summed E-state index contributed by atoms with van der Waals surface area (Å²) in [5, 5.41) is 3.12. The minimum Gasteiger partial charge on any atom is -0.467 e. The Hall–Kier alpha value is -2.45. The van der Waals surface area contributed by atoms with Gasteiger partial charge in [-0.05, 0) is 61.6 Å². The molecule has 0 bridgehead atoms. The number of hydrogen-bond acceptors (Lipinski definition) is 3. The largest absolute Gasteiger partial charge is 0.467 e. The van der Waals surface area contributed by atoms with Crippen LogP contribution in [0.3, 0.4) is 0 Å². The fraction of sp³-hybridized carbons (Fsp3) is 0.211. The van der Waals surface area contributed by atoms with Crippen LogP contribution in [0.2, 0.25) is 5.02 Å². The van der Waals surface area contributed by atoms with Gasteiger partial charge < -0.3 is 19.1 Å². The number of halogens is 4. The highest BCUT2D eigenvalue weighted by molar-refractivity contribution is 7.80. The molecule has 148 valence electrons. The first kappa shape index (κ1) is 20.3. The van der Waals surface area contributed by atoms with Gasteiger partial charge in [-0.15, -0.1) is 0 Å². The van der Waals surface area contributed by atoms with Crippen LogP contribution in [0.1, 0.15) is 22.8 Å². The minimum absolute atomic E-state index is 0.0709. The minimum atomic E-state index is -4.48. The summed E-state index contributed by atoms with van der Waals surface area (Å²) in [6, 6.07) is 10.2. The summed E-state index contributed by atoms with van der Waals surface area (Å²) in [4.78, 5) is 1.71. The van der Waals surface area contributed by atoms with E-state index in [9.17, 15) is 13.2 Å². The molecule has 1 aromatic carbocycles. The van der Waals surface area contributed by atoms with Crippen molar-refractivity contribution in [2.24, 2.45) is 0 Å². The first-order valence-corrected chi connectivity index (χ1v) is 9.01. The number of furan rings is 2. The van der Waals surface area contributed by atoms with Crippen LogP contribution < -0.4 is 5.32 Å². The number of nitrogens with zero attached hydrogens (tertiary/aromatic N) is 1. The fourth-order valence-electron chi connectivity index (χ4n) is 2.54. The van der Waals surface area contributed by atoms with Crippen LogP contribution >= 0.6 is 23.8 Å². The van der Waals surface area contributed by atoms with Gasteiger partial charge in [0.25, 0.3) is 0 Å². The molecule has 4 nitrogen and oxygen atoms in total. The summed E-state index contributed by atoms with van der Waals surface area (Å²) in [5.41, 5.74) is -0.747. The summed E-state index contributed by atoms with van der Waals surface area (Å²) < 4.78 is 49.9. The number of rotatable bonds is 5. The highest BCUT2D eigenvalue weighted by atomic mass is 35.5. The zero-order valence-electron chi connectivity index (χ0n) is 14.7. The van der Waals surface area contributed by atoms with Crippen LogP contribution in [0.15, 0.2) is 57.6 Å². The van der Waals surface area contributed by atoms with Crippen LogP contribution in [-0.4, -0.2) is 10.0 Å². The van der Waals surface area contributed by atoms with Gasteiger partial charge in [-0.2, -0.15) is 13.2 Å². The summed E-state index contributed by atoms with van der Waals surface area (Å²) in [7, 11) is 0. The van der Waals surface area contributed by atoms with E-state index in [0.717, 1.165) is 17.9 Å². The molecule has 2 aromatic heterocycles. The molecule has 0 saturated carbocycles. The average molecular weight is 429 g/mol. The summed E-state index contributed by atoms with van der Waals surface area (Å²) in [5.74, 6) is 2.04. The average Bonchev–Trinajstić information content (AvgIpc) is 3.27. The van der Waals surface area contributed by atoms with Crippen molar-refractivity contribution in [2.75, 3.05) is 5.32 Å². The number of benzene rings is 1.